The SMILES string of the molecule is COc1ccc(C)c(S(=O)c2ccc(C)cc2)c1OC. The lowest BCUT2D eigenvalue weighted by Crippen LogP contribution is -2.02. The zero-order valence-corrected chi connectivity index (χ0v) is 12.9. The summed E-state index contributed by atoms with van der Waals surface area (Å²) < 4.78 is 23.5. The number of aryl methyl sites for hydroxylation is 2. The van der Waals surface area contributed by atoms with Gasteiger partial charge in [0.25, 0.3) is 0 Å². The maximum absolute atomic E-state index is 12.8. The molecule has 0 saturated heterocycles. The minimum Gasteiger partial charge on any atom is -0.493 e. The summed E-state index contributed by atoms with van der Waals surface area (Å²) in [5.74, 6) is 1.12. The smallest absolute Gasteiger partial charge is 0.177 e. The Labute approximate surface area is 122 Å². The Balaban J connectivity index is 2.56. The van der Waals surface area contributed by atoms with Crippen molar-refractivity contribution in [2.24, 2.45) is 0 Å². The molecule has 0 N–H and O–H groups in total. The van der Waals surface area contributed by atoms with Crippen molar-refractivity contribution >= 4 is 10.8 Å². The second-order valence-electron chi connectivity index (χ2n) is 4.53. The molecule has 0 heterocycles. The van der Waals surface area contributed by atoms with E-state index < -0.39 is 10.8 Å². The van der Waals surface area contributed by atoms with E-state index in [0.717, 1.165) is 16.0 Å². The van der Waals surface area contributed by atoms with Crippen LogP contribution < -0.4 is 9.47 Å². The third-order valence-electron chi connectivity index (χ3n) is 3.12. The monoisotopic (exact) mass is 290 g/mol. The molecule has 2 aromatic rings. The van der Waals surface area contributed by atoms with Crippen molar-refractivity contribution in [3.8, 4) is 11.5 Å². The largest absolute Gasteiger partial charge is 0.493 e. The predicted octanol–water partition coefficient (Wildman–Crippen LogP) is 3.49. The zero-order chi connectivity index (χ0) is 14.7. The van der Waals surface area contributed by atoms with Gasteiger partial charge in [0, 0.05) is 4.90 Å². The molecule has 0 saturated carbocycles. The van der Waals surface area contributed by atoms with Gasteiger partial charge in [-0.3, -0.25) is 0 Å². The van der Waals surface area contributed by atoms with E-state index >= 15 is 0 Å². The number of ether oxygens (including phenoxy) is 2. The first kappa shape index (κ1) is 14.6. The summed E-state index contributed by atoms with van der Waals surface area (Å²) in [6, 6.07) is 11.4. The van der Waals surface area contributed by atoms with Crippen LogP contribution in [-0.2, 0) is 10.8 Å². The molecule has 106 valence electrons. The maximum atomic E-state index is 12.8. The quantitative estimate of drug-likeness (QED) is 0.864. The average Bonchev–Trinajstić information content (AvgIpc) is 2.46. The molecule has 0 aliphatic carbocycles. The molecule has 4 heteroatoms. The summed E-state index contributed by atoms with van der Waals surface area (Å²) in [6.07, 6.45) is 0. The van der Waals surface area contributed by atoms with Gasteiger partial charge in [0.2, 0.25) is 0 Å². The van der Waals surface area contributed by atoms with Gasteiger partial charge in [-0.2, -0.15) is 0 Å². The lowest BCUT2D eigenvalue weighted by Gasteiger charge is -2.14. The van der Waals surface area contributed by atoms with Crippen molar-refractivity contribution in [1.82, 2.24) is 0 Å². The van der Waals surface area contributed by atoms with Crippen LogP contribution in [0.15, 0.2) is 46.2 Å². The summed E-state index contributed by atoms with van der Waals surface area (Å²) in [4.78, 5) is 1.42. The molecule has 0 fully saturated rings. The Kier molecular flexibility index (Phi) is 4.45. The Morgan fingerprint density at radius 3 is 2.10 bits per heavy atom. The van der Waals surface area contributed by atoms with Crippen LogP contribution in [0, 0.1) is 13.8 Å². The van der Waals surface area contributed by atoms with E-state index in [1.54, 1.807) is 14.2 Å². The molecule has 0 aliphatic heterocycles. The number of methoxy groups -OCH3 is 2. The number of hydrogen-bond donors (Lipinski definition) is 0. The first-order valence-electron chi connectivity index (χ1n) is 6.28. The minimum absolute atomic E-state index is 0.534. The van der Waals surface area contributed by atoms with Crippen molar-refractivity contribution in [1.29, 1.82) is 0 Å². The summed E-state index contributed by atoms with van der Waals surface area (Å²) in [7, 11) is 1.84. The van der Waals surface area contributed by atoms with Gasteiger partial charge in [0.15, 0.2) is 11.5 Å². The van der Waals surface area contributed by atoms with Crippen LogP contribution in [0.2, 0.25) is 0 Å². The van der Waals surface area contributed by atoms with Crippen LogP contribution in [0.4, 0.5) is 0 Å². The highest BCUT2D eigenvalue weighted by Crippen LogP contribution is 2.37. The topological polar surface area (TPSA) is 35.5 Å². The normalized spacial score (nSPS) is 12.0. The second-order valence-corrected chi connectivity index (χ2v) is 5.95. The maximum Gasteiger partial charge on any atom is 0.177 e. The van der Waals surface area contributed by atoms with Crippen LogP contribution in [0.25, 0.3) is 0 Å². The first-order valence-corrected chi connectivity index (χ1v) is 7.43. The molecule has 2 aromatic carbocycles. The van der Waals surface area contributed by atoms with Gasteiger partial charge in [-0.1, -0.05) is 23.8 Å². The van der Waals surface area contributed by atoms with E-state index in [2.05, 4.69) is 0 Å². The fraction of sp³-hybridized carbons (Fsp3) is 0.250. The highest BCUT2D eigenvalue weighted by Gasteiger charge is 2.19. The van der Waals surface area contributed by atoms with Crippen molar-refractivity contribution in [2.75, 3.05) is 14.2 Å². The van der Waals surface area contributed by atoms with Crippen molar-refractivity contribution in [3.63, 3.8) is 0 Å². The van der Waals surface area contributed by atoms with Crippen LogP contribution in [-0.4, -0.2) is 18.4 Å². The van der Waals surface area contributed by atoms with Crippen molar-refractivity contribution in [2.45, 2.75) is 23.6 Å². The molecule has 0 aliphatic rings. The summed E-state index contributed by atoms with van der Waals surface area (Å²) >= 11 is 0. The summed E-state index contributed by atoms with van der Waals surface area (Å²) in [5.41, 5.74) is 2.06. The highest BCUT2D eigenvalue weighted by molar-refractivity contribution is 7.85. The molecular weight excluding hydrogens is 272 g/mol. The number of hydrogen-bond acceptors (Lipinski definition) is 3. The van der Waals surface area contributed by atoms with E-state index in [-0.39, 0.29) is 0 Å². The molecule has 0 aromatic heterocycles. The molecule has 0 amide bonds. The van der Waals surface area contributed by atoms with E-state index in [1.165, 1.54) is 0 Å². The third kappa shape index (κ3) is 2.70. The van der Waals surface area contributed by atoms with Gasteiger partial charge in [0.05, 0.1) is 29.9 Å². The molecule has 3 nitrogen and oxygen atoms in total. The molecule has 0 spiro atoms. The lowest BCUT2D eigenvalue weighted by molar-refractivity contribution is 0.347. The van der Waals surface area contributed by atoms with Gasteiger partial charge < -0.3 is 9.47 Å². The van der Waals surface area contributed by atoms with Crippen molar-refractivity contribution in [3.05, 3.63) is 47.5 Å². The summed E-state index contributed by atoms with van der Waals surface area (Å²) in [5, 5.41) is 0. The zero-order valence-electron chi connectivity index (χ0n) is 12.1. The number of benzene rings is 2. The highest BCUT2D eigenvalue weighted by atomic mass is 32.2. The average molecular weight is 290 g/mol. The molecular formula is C16H18O3S. The van der Waals surface area contributed by atoms with Crippen LogP contribution in [0.5, 0.6) is 11.5 Å². The van der Waals surface area contributed by atoms with Gasteiger partial charge >= 0.3 is 0 Å². The molecule has 20 heavy (non-hydrogen) atoms. The molecule has 1 atom stereocenters. The van der Waals surface area contributed by atoms with Gasteiger partial charge in [-0.25, -0.2) is 4.21 Å². The fourth-order valence-corrected chi connectivity index (χ4v) is 3.34. The number of rotatable bonds is 4. The van der Waals surface area contributed by atoms with Crippen molar-refractivity contribution < 1.29 is 13.7 Å². The Morgan fingerprint density at radius 2 is 1.55 bits per heavy atom. The Morgan fingerprint density at radius 1 is 0.900 bits per heavy atom. The van der Waals surface area contributed by atoms with Crippen LogP contribution in [0.3, 0.4) is 0 Å². The summed E-state index contributed by atoms with van der Waals surface area (Å²) in [6.45, 7) is 3.92. The van der Waals surface area contributed by atoms with Crippen LogP contribution >= 0.6 is 0 Å². The standard InChI is InChI=1S/C16H18O3S/c1-11-5-8-13(9-6-11)20(17)16-12(2)7-10-14(18-3)15(16)19-4/h5-10H,1-4H3. The molecule has 0 radical (unpaired) electrons. The van der Waals surface area contributed by atoms with E-state index in [9.17, 15) is 4.21 Å². The Hall–Kier alpha value is -1.81. The third-order valence-corrected chi connectivity index (χ3v) is 4.70. The fourth-order valence-electron chi connectivity index (χ4n) is 2.01. The first-order chi connectivity index (χ1) is 9.58. The lowest BCUT2D eigenvalue weighted by atomic mass is 10.2. The van der Waals surface area contributed by atoms with Gasteiger partial charge in [-0.15, -0.1) is 0 Å². The van der Waals surface area contributed by atoms with E-state index in [4.69, 9.17) is 9.47 Å². The van der Waals surface area contributed by atoms with E-state index in [0.29, 0.717) is 16.4 Å². The second kappa shape index (κ2) is 6.09. The minimum atomic E-state index is -1.29. The van der Waals surface area contributed by atoms with Crippen LogP contribution in [0.1, 0.15) is 11.1 Å². The molecule has 1 unspecified atom stereocenters. The van der Waals surface area contributed by atoms with E-state index in [1.807, 2.05) is 50.2 Å². The molecule has 2 rings (SSSR count). The van der Waals surface area contributed by atoms with Gasteiger partial charge in [-0.05, 0) is 37.6 Å². The predicted molar refractivity (Wildman–Crippen MR) is 80.1 cm³/mol. The Bertz CT molecular complexity index is 633. The van der Waals surface area contributed by atoms with Gasteiger partial charge in [0.1, 0.15) is 0 Å². The molecule has 0 bridgehead atoms.